The molecule has 1 unspecified atom stereocenters. The van der Waals surface area contributed by atoms with Gasteiger partial charge in [-0.3, -0.25) is 4.98 Å². The molecule has 0 aliphatic carbocycles. The highest BCUT2D eigenvalue weighted by molar-refractivity contribution is 5.07. The third-order valence-corrected chi connectivity index (χ3v) is 3.05. The molecule has 0 amide bonds. The van der Waals surface area contributed by atoms with E-state index in [0.29, 0.717) is 6.10 Å². The molecular formula is C14H22N2O2. The van der Waals surface area contributed by atoms with E-state index in [9.17, 15) is 0 Å². The van der Waals surface area contributed by atoms with Gasteiger partial charge in [0.25, 0.3) is 0 Å². The van der Waals surface area contributed by atoms with Crippen LogP contribution >= 0.6 is 0 Å². The Labute approximate surface area is 109 Å². The molecule has 1 N–H and O–H groups in total. The topological polar surface area (TPSA) is 43.4 Å². The smallest absolute Gasteiger partial charge is 0.0808 e. The van der Waals surface area contributed by atoms with Gasteiger partial charge in [-0.25, -0.2) is 0 Å². The van der Waals surface area contributed by atoms with Crippen LogP contribution in [0.15, 0.2) is 24.5 Å². The molecule has 2 heterocycles. The summed E-state index contributed by atoms with van der Waals surface area (Å²) in [5.74, 6) is 0. The molecule has 1 aliphatic rings. The maximum atomic E-state index is 5.61. The minimum atomic E-state index is 0.317. The van der Waals surface area contributed by atoms with Crippen LogP contribution in [0.5, 0.6) is 0 Å². The summed E-state index contributed by atoms with van der Waals surface area (Å²) in [7, 11) is 0. The van der Waals surface area contributed by atoms with E-state index in [1.165, 1.54) is 18.4 Å². The Bertz CT molecular complexity index is 313. The molecule has 1 fully saturated rings. The van der Waals surface area contributed by atoms with E-state index < -0.39 is 0 Å². The molecule has 0 spiro atoms. The van der Waals surface area contributed by atoms with Crippen LogP contribution in [0.4, 0.5) is 0 Å². The molecule has 0 aromatic carbocycles. The van der Waals surface area contributed by atoms with Gasteiger partial charge in [0.2, 0.25) is 0 Å². The van der Waals surface area contributed by atoms with E-state index in [-0.39, 0.29) is 0 Å². The van der Waals surface area contributed by atoms with Crippen LogP contribution in [0, 0.1) is 0 Å². The molecule has 1 aliphatic heterocycles. The molecule has 4 heteroatoms. The molecular weight excluding hydrogens is 228 g/mol. The Morgan fingerprint density at radius 3 is 3.22 bits per heavy atom. The van der Waals surface area contributed by atoms with Gasteiger partial charge in [0.1, 0.15) is 0 Å². The lowest BCUT2D eigenvalue weighted by atomic mass is 10.1. The monoisotopic (exact) mass is 250 g/mol. The number of pyridine rings is 1. The standard InChI is InChI=1S/C14H22N2O2/c1-2-8-18-14(5-1)12-17-9-7-16-11-13-4-3-6-15-10-13/h3-4,6,10,14,16H,1-2,5,7-9,11-12H2. The second kappa shape index (κ2) is 8.19. The number of hydrogen-bond acceptors (Lipinski definition) is 4. The first-order valence-electron chi connectivity index (χ1n) is 6.74. The number of nitrogens with one attached hydrogen (secondary N) is 1. The van der Waals surface area contributed by atoms with Gasteiger partial charge in [-0.2, -0.15) is 0 Å². The highest BCUT2D eigenvalue weighted by Gasteiger charge is 2.13. The van der Waals surface area contributed by atoms with Gasteiger partial charge in [-0.15, -0.1) is 0 Å². The summed E-state index contributed by atoms with van der Waals surface area (Å²) in [6.45, 7) is 4.07. The van der Waals surface area contributed by atoms with Crippen molar-refractivity contribution in [2.24, 2.45) is 0 Å². The highest BCUT2D eigenvalue weighted by Crippen LogP contribution is 2.12. The van der Waals surface area contributed by atoms with E-state index in [4.69, 9.17) is 9.47 Å². The summed E-state index contributed by atoms with van der Waals surface area (Å²) in [6, 6.07) is 4.02. The third-order valence-electron chi connectivity index (χ3n) is 3.05. The summed E-state index contributed by atoms with van der Waals surface area (Å²) >= 11 is 0. The van der Waals surface area contributed by atoms with Gasteiger partial charge in [0.05, 0.1) is 19.3 Å². The van der Waals surface area contributed by atoms with E-state index in [1.807, 2.05) is 12.3 Å². The molecule has 0 saturated carbocycles. The number of hydrogen-bond donors (Lipinski definition) is 1. The molecule has 4 nitrogen and oxygen atoms in total. The lowest BCUT2D eigenvalue weighted by Crippen LogP contribution is -2.26. The number of ether oxygens (including phenoxy) is 2. The summed E-state index contributed by atoms with van der Waals surface area (Å²) in [6.07, 6.45) is 7.59. The third kappa shape index (κ3) is 5.12. The number of rotatable bonds is 7. The minimum absolute atomic E-state index is 0.317. The zero-order valence-corrected chi connectivity index (χ0v) is 10.8. The van der Waals surface area contributed by atoms with Crippen molar-refractivity contribution in [3.63, 3.8) is 0 Å². The van der Waals surface area contributed by atoms with Gasteiger partial charge < -0.3 is 14.8 Å². The fourth-order valence-electron chi connectivity index (χ4n) is 2.03. The van der Waals surface area contributed by atoms with Crippen LogP contribution in [0.3, 0.4) is 0 Å². The molecule has 1 aromatic heterocycles. The maximum Gasteiger partial charge on any atom is 0.0808 e. The van der Waals surface area contributed by atoms with Crippen LogP contribution in [0.2, 0.25) is 0 Å². The van der Waals surface area contributed by atoms with Crippen LogP contribution in [-0.2, 0) is 16.0 Å². The summed E-state index contributed by atoms with van der Waals surface area (Å²) in [5, 5.41) is 3.33. The second-order valence-electron chi connectivity index (χ2n) is 4.60. The lowest BCUT2D eigenvalue weighted by molar-refractivity contribution is -0.0399. The van der Waals surface area contributed by atoms with E-state index >= 15 is 0 Å². The van der Waals surface area contributed by atoms with E-state index in [2.05, 4.69) is 16.4 Å². The quantitative estimate of drug-likeness (QED) is 0.749. The maximum absolute atomic E-state index is 5.61. The van der Waals surface area contributed by atoms with E-state index in [1.54, 1.807) is 6.20 Å². The molecule has 0 bridgehead atoms. The predicted molar refractivity (Wildman–Crippen MR) is 70.4 cm³/mol. The van der Waals surface area contributed by atoms with Crippen LogP contribution in [-0.4, -0.2) is 37.5 Å². The van der Waals surface area contributed by atoms with Gasteiger partial charge in [-0.1, -0.05) is 6.07 Å². The van der Waals surface area contributed by atoms with Crippen molar-refractivity contribution in [1.82, 2.24) is 10.3 Å². The average Bonchev–Trinajstić information content (AvgIpc) is 2.45. The number of aromatic nitrogens is 1. The van der Waals surface area contributed by atoms with Crippen molar-refractivity contribution in [2.75, 3.05) is 26.4 Å². The molecule has 18 heavy (non-hydrogen) atoms. The van der Waals surface area contributed by atoms with Crippen molar-refractivity contribution < 1.29 is 9.47 Å². The molecule has 2 rings (SSSR count). The van der Waals surface area contributed by atoms with Crippen molar-refractivity contribution in [1.29, 1.82) is 0 Å². The molecule has 1 saturated heterocycles. The predicted octanol–water partition coefficient (Wildman–Crippen LogP) is 1.76. The Balaban J connectivity index is 1.46. The van der Waals surface area contributed by atoms with Crippen molar-refractivity contribution >= 4 is 0 Å². The second-order valence-corrected chi connectivity index (χ2v) is 4.60. The summed E-state index contributed by atoms with van der Waals surface area (Å²) in [5.41, 5.74) is 1.20. The van der Waals surface area contributed by atoms with Crippen LogP contribution in [0.25, 0.3) is 0 Å². The molecule has 100 valence electrons. The highest BCUT2D eigenvalue weighted by atomic mass is 16.5. The molecule has 1 aromatic rings. The molecule has 0 radical (unpaired) electrons. The summed E-state index contributed by atoms with van der Waals surface area (Å²) in [4.78, 5) is 4.07. The summed E-state index contributed by atoms with van der Waals surface area (Å²) < 4.78 is 11.2. The first kappa shape index (κ1) is 13.5. The van der Waals surface area contributed by atoms with Gasteiger partial charge in [-0.05, 0) is 30.9 Å². The zero-order chi connectivity index (χ0) is 12.5. The Morgan fingerprint density at radius 1 is 1.44 bits per heavy atom. The SMILES string of the molecule is c1cncc(CNCCOCC2CCCCO2)c1. The zero-order valence-electron chi connectivity index (χ0n) is 10.8. The fourth-order valence-corrected chi connectivity index (χ4v) is 2.03. The first-order valence-corrected chi connectivity index (χ1v) is 6.74. The Morgan fingerprint density at radius 2 is 2.44 bits per heavy atom. The largest absolute Gasteiger partial charge is 0.377 e. The van der Waals surface area contributed by atoms with Crippen LogP contribution in [0.1, 0.15) is 24.8 Å². The van der Waals surface area contributed by atoms with Crippen molar-refractivity contribution in [3.05, 3.63) is 30.1 Å². The van der Waals surface area contributed by atoms with Gasteiger partial charge in [0.15, 0.2) is 0 Å². The minimum Gasteiger partial charge on any atom is -0.377 e. The average molecular weight is 250 g/mol. The van der Waals surface area contributed by atoms with Gasteiger partial charge in [0, 0.05) is 32.1 Å². The normalized spacial score (nSPS) is 19.9. The first-order chi connectivity index (χ1) is 8.95. The lowest BCUT2D eigenvalue weighted by Gasteiger charge is -2.22. The van der Waals surface area contributed by atoms with Gasteiger partial charge >= 0.3 is 0 Å². The van der Waals surface area contributed by atoms with Crippen molar-refractivity contribution in [2.45, 2.75) is 31.9 Å². The Hall–Kier alpha value is -0.970. The Kier molecular flexibility index (Phi) is 6.12. The fraction of sp³-hybridized carbons (Fsp3) is 0.643. The van der Waals surface area contributed by atoms with E-state index in [0.717, 1.165) is 39.3 Å². The molecule has 1 atom stereocenters. The van der Waals surface area contributed by atoms with Crippen LogP contribution < -0.4 is 5.32 Å². The van der Waals surface area contributed by atoms with Crippen molar-refractivity contribution in [3.8, 4) is 0 Å². The number of nitrogens with zero attached hydrogens (tertiary/aromatic N) is 1.